The molecule has 1 saturated carbocycles. The SMILES string of the molecule is CCNC(=NCCOC1CCCCCC1)NC1CCN(CC(C)C)CC1. The van der Waals surface area contributed by atoms with Gasteiger partial charge in [-0.15, -0.1) is 0 Å². The van der Waals surface area contributed by atoms with Crippen molar-refractivity contribution in [2.45, 2.75) is 84.3 Å². The fourth-order valence-electron chi connectivity index (χ4n) is 4.08. The molecule has 2 aliphatic rings. The highest BCUT2D eigenvalue weighted by Crippen LogP contribution is 2.19. The minimum absolute atomic E-state index is 0.466. The van der Waals surface area contributed by atoms with E-state index >= 15 is 0 Å². The van der Waals surface area contributed by atoms with Crippen LogP contribution in [0.5, 0.6) is 0 Å². The van der Waals surface area contributed by atoms with Gasteiger partial charge in [0, 0.05) is 32.2 Å². The quantitative estimate of drug-likeness (QED) is 0.299. The van der Waals surface area contributed by atoms with Crippen molar-refractivity contribution in [2.75, 3.05) is 39.3 Å². The van der Waals surface area contributed by atoms with Crippen molar-refractivity contribution in [3.63, 3.8) is 0 Å². The Morgan fingerprint density at radius 3 is 2.38 bits per heavy atom. The molecule has 2 fully saturated rings. The summed E-state index contributed by atoms with van der Waals surface area (Å²) in [5.41, 5.74) is 0. The molecule has 5 heteroatoms. The first kappa shape index (κ1) is 21.5. The molecule has 2 N–H and O–H groups in total. The lowest BCUT2D eigenvalue weighted by atomic mass is 10.0. The third-order valence-corrected chi connectivity index (χ3v) is 5.41. The van der Waals surface area contributed by atoms with Crippen molar-refractivity contribution < 1.29 is 4.74 Å². The molecule has 0 amide bonds. The summed E-state index contributed by atoms with van der Waals surface area (Å²) in [6.45, 7) is 12.7. The molecule has 0 aromatic rings. The van der Waals surface area contributed by atoms with Gasteiger partial charge in [-0.2, -0.15) is 0 Å². The predicted octanol–water partition coefficient (Wildman–Crippen LogP) is 3.40. The van der Waals surface area contributed by atoms with E-state index in [1.807, 2.05) is 0 Å². The summed E-state index contributed by atoms with van der Waals surface area (Å²) in [4.78, 5) is 7.33. The molecule has 0 radical (unpaired) electrons. The van der Waals surface area contributed by atoms with Crippen molar-refractivity contribution in [3.8, 4) is 0 Å². The van der Waals surface area contributed by atoms with Crippen LogP contribution in [0.4, 0.5) is 0 Å². The second-order valence-electron chi connectivity index (χ2n) is 8.36. The van der Waals surface area contributed by atoms with Crippen molar-refractivity contribution in [2.24, 2.45) is 10.9 Å². The second-order valence-corrected chi connectivity index (χ2v) is 8.36. The summed E-state index contributed by atoms with van der Waals surface area (Å²) >= 11 is 0. The Morgan fingerprint density at radius 2 is 1.77 bits per heavy atom. The van der Waals surface area contributed by atoms with E-state index in [9.17, 15) is 0 Å². The van der Waals surface area contributed by atoms with E-state index in [-0.39, 0.29) is 0 Å². The molecule has 5 nitrogen and oxygen atoms in total. The maximum absolute atomic E-state index is 6.06. The third-order valence-electron chi connectivity index (χ3n) is 5.41. The van der Waals surface area contributed by atoms with E-state index in [1.54, 1.807) is 0 Å². The summed E-state index contributed by atoms with van der Waals surface area (Å²) in [5.74, 6) is 1.71. The fraction of sp³-hybridized carbons (Fsp3) is 0.952. The number of nitrogens with zero attached hydrogens (tertiary/aromatic N) is 2. The highest BCUT2D eigenvalue weighted by atomic mass is 16.5. The second kappa shape index (κ2) is 12.6. The molecule has 0 spiro atoms. The van der Waals surface area contributed by atoms with Gasteiger partial charge in [0.05, 0.1) is 19.3 Å². The van der Waals surface area contributed by atoms with Crippen molar-refractivity contribution in [3.05, 3.63) is 0 Å². The summed E-state index contributed by atoms with van der Waals surface area (Å²) < 4.78 is 6.06. The lowest BCUT2D eigenvalue weighted by molar-refractivity contribution is 0.0487. The molecule has 2 rings (SSSR count). The first-order valence-corrected chi connectivity index (χ1v) is 11.1. The predicted molar refractivity (Wildman–Crippen MR) is 111 cm³/mol. The Bertz CT molecular complexity index is 383. The zero-order chi connectivity index (χ0) is 18.6. The van der Waals surface area contributed by atoms with Crippen molar-refractivity contribution in [1.82, 2.24) is 15.5 Å². The van der Waals surface area contributed by atoms with E-state index in [2.05, 4.69) is 36.3 Å². The standard InChI is InChI=1S/C21H42N4O/c1-4-22-21(23-13-16-26-20-9-7-5-6-8-10-20)24-19-11-14-25(15-12-19)17-18(2)3/h18-20H,4-17H2,1-3H3,(H2,22,23,24). The van der Waals surface area contributed by atoms with Gasteiger partial charge in [-0.05, 0) is 38.5 Å². The Balaban J connectivity index is 1.67. The number of likely N-dealkylation sites (tertiary alicyclic amines) is 1. The maximum atomic E-state index is 6.06. The zero-order valence-electron chi connectivity index (χ0n) is 17.4. The molecule has 0 atom stereocenters. The zero-order valence-corrected chi connectivity index (χ0v) is 17.4. The molecule has 0 bridgehead atoms. The topological polar surface area (TPSA) is 48.9 Å². The van der Waals surface area contributed by atoms with Crippen molar-refractivity contribution >= 4 is 5.96 Å². The smallest absolute Gasteiger partial charge is 0.191 e. The Kier molecular flexibility index (Phi) is 10.4. The molecule has 1 aliphatic heterocycles. The Labute approximate surface area is 161 Å². The van der Waals surface area contributed by atoms with Gasteiger partial charge in [0.1, 0.15) is 0 Å². The third kappa shape index (κ3) is 8.72. The molecular weight excluding hydrogens is 324 g/mol. The summed E-state index contributed by atoms with van der Waals surface area (Å²) in [6.07, 6.45) is 10.7. The number of rotatable bonds is 8. The number of ether oxygens (including phenoxy) is 1. The van der Waals surface area contributed by atoms with E-state index < -0.39 is 0 Å². The van der Waals surface area contributed by atoms with E-state index in [0.29, 0.717) is 12.1 Å². The molecule has 152 valence electrons. The molecular formula is C21H42N4O. The average Bonchev–Trinajstić information content (AvgIpc) is 2.89. The fourth-order valence-corrected chi connectivity index (χ4v) is 4.08. The molecule has 1 heterocycles. The van der Waals surface area contributed by atoms with Crippen LogP contribution in [0.15, 0.2) is 4.99 Å². The number of guanidine groups is 1. The highest BCUT2D eigenvalue weighted by molar-refractivity contribution is 5.80. The average molecular weight is 367 g/mol. The van der Waals surface area contributed by atoms with Crippen LogP contribution in [0, 0.1) is 5.92 Å². The van der Waals surface area contributed by atoms with Gasteiger partial charge < -0.3 is 20.3 Å². The van der Waals surface area contributed by atoms with Gasteiger partial charge in [0.2, 0.25) is 0 Å². The van der Waals surface area contributed by atoms with Gasteiger partial charge in [0.15, 0.2) is 5.96 Å². The van der Waals surface area contributed by atoms with Gasteiger partial charge in [0.25, 0.3) is 0 Å². The highest BCUT2D eigenvalue weighted by Gasteiger charge is 2.20. The maximum Gasteiger partial charge on any atom is 0.191 e. The number of hydrogen-bond acceptors (Lipinski definition) is 3. The van der Waals surface area contributed by atoms with Gasteiger partial charge in [-0.25, -0.2) is 0 Å². The number of hydrogen-bond donors (Lipinski definition) is 2. The molecule has 0 unspecified atom stereocenters. The van der Waals surface area contributed by atoms with Crippen molar-refractivity contribution in [1.29, 1.82) is 0 Å². The monoisotopic (exact) mass is 366 g/mol. The molecule has 0 aromatic carbocycles. The summed E-state index contributed by atoms with van der Waals surface area (Å²) in [7, 11) is 0. The van der Waals surface area contributed by atoms with Crippen LogP contribution in [0.2, 0.25) is 0 Å². The first-order valence-electron chi connectivity index (χ1n) is 11.1. The Morgan fingerprint density at radius 1 is 1.08 bits per heavy atom. The van der Waals surface area contributed by atoms with Crippen LogP contribution in [0.1, 0.15) is 72.1 Å². The van der Waals surface area contributed by atoms with E-state index in [1.165, 1.54) is 71.0 Å². The van der Waals surface area contributed by atoms with Crippen LogP contribution in [-0.2, 0) is 4.74 Å². The van der Waals surface area contributed by atoms with Crippen LogP contribution in [0.3, 0.4) is 0 Å². The minimum atomic E-state index is 0.466. The first-order chi connectivity index (χ1) is 12.7. The van der Waals surface area contributed by atoms with Crippen LogP contribution in [0.25, 0.3) is 0 Å². The molecule has 0 aromatic heterocycles. The molecule has 26 heavy (non-hydrogen) atoms. The van der Waals surface area contributed by atoms with Crippen LogP contribution >= 0.6 is 0 Å². The lowest BCUT2D eigenvalue weighted by Gasteiger charge is -2.34. The summed E-state index contributed by atoms with van der Waals surface area (Å²) in [6, 6.07) is 0.541. The number of piperidine rings is 1. The molecule has 1 saturated heterocycles. The van der Waals surface area contributed by atoms with Gasteiger partial charge in [-0.1, -0.05) is 39.5 Å². The van der Waals surface area contributed by atoms with E-state index in [4.69, 9.17) is 9.73 Å². The lowest BCUT2D eigenvalue weighted by Crippen LogP contribution is -2.49. The van der Waals surface area contributed by atoms with E-state index in [0.717, 1.165) is 31.6 Å². The number of nitrogens with one attached hydrogen (secondary N) is 2. The molecule has 1 aliphatic carbocycles. The largest absolute Gasteiger partial charge is 0.376 e. The van der Waals surface area contributed by atoms with Gasteiger partial charge in [-0.3, -0.25) is 4.99 Å². The van der Waals surface area contributed by atoms with Crippen LogP contribution in [-0.4, -0.2) is 62.3 Å². The number of aliphatic imine (C=N–C) groups is 1. The summed E-state index contributed by atoms with van der Waals surface area (Å²) in [5, 5.41) is 7.03. The normalized spacial score (nSPS) is 21.8. The minimum Gasteiger partial charge on any atom is -0.376 e. The Hall–Kier alpha value is -0.810. The van der Waals surface area contributed by atoms with Crippen LogP contribution < -0.4 is 10.6 Å². The van der Waals surface area contributed by atoms with Gasteiger partial charge >= 0.3 is 0 Å².